The SMILES string of the molecule is CC.CCCCNC(=O)c1ccc2c(c1)nc(NC)n2CCCOC.Cc1cccc(C=O)c1. The quantitative estimate of drug-likeness (QED) is 0.304. The zero-order chi connectivity index (χ0) is 25.3. The zero-order valence-electron chi connectivity index (χ0n) is 21.5. The minimum atomic E-state index is -0.0414. The van der Waals surface area contributed by atoms with Crippen LogP contribution in [0.5, 0.6) is 0 Å². The number of fused-ring (bicyclic) bond motifs is 1. The van der Waals surface area contributed by atoms with Crippen molar-refractivity contribution in [2.24, 2.45) is 0 Å². The van der Waals surface area contributed by atoms with Crippen LogP contribution in [0.4, 0.5) is 5.95 Å². The number of aryl methyl sites for hydroxylation is 2. The summed E-state index contributed by atoms with van der Waals surface area (Å²) in [6.07, 6.45) is 3.83. The number of aldehydes is 1. The lowest BCUT2D eigenvalue weighted by molar-refractivity contribution is 0.0953. The van der Waals surface area contributed by atoms with Crippen LogP contribution in [-0.2, 0) is 11.3 Å². The minimum Gasteiger partial charge on any atom is -0.385 e. The van der Waals surface area contributed by atoms with Gasteiger partial charge in [0.05, 0.1) is 11.0 Å². The van der Waals surface area contributed by atoms with Gasteiger partial charge in [0.2, 0.25) is 5.95 Å². The monoisotopic (exact) mass is 468 g/mol. The third-order valence-electron chi connectivity index (χ3n) is 4.96. The van der Waals surface area contributed by atoms with Gasteiger partial charge < -0.3 is 19.9 Å². The molecule has 0 spiro atoms. The van der Waals surface area contributed by atoms with Gasteiger partial charge in [0.1, 0.15) is 6.29 Å². The number of amides is 1. The number of carbonyl (C=O) groups excluding carboxylic acids is 2. The van der Waals surface area contributed by atoms with E-state index in [0.717, 1.165) is 60.2 Å². The standard InChI is InChI=1S/C17H26N4O2.C8H8O.C2H6/c1-4-5-9-19-16(22)13-7-8-15-14(12-13)20-17(18-2)21(15)10-6-11-23-3;1-7-3-2-4-8(5-7)6-9;1-2/h7-8,12H,4-6,9-11H2,1-3H3,(H,18,20)(H,19,22);2-6H,1H3;1-2H3. The summed E-state index contributed by atoms with van der Waals surface area (Å²) >= 11 is 0. The highest BCUT2D eigenvalue weighted by Crippen LogP contribution is 2.21. The second-order valence-corrected chi connectivity index (χ2v) is 7.53. The molecule has 2 aromatic carbocycles. The first kappa shape index (κ1) is 28.8. The van der Waals surface area contributed by atoms with Crippen molar-refractivity contribution in [3.05, 3.63) is 59.2 Å². The predicted molar refractivity (Wildman–Crippen MR) is 141 cm³/mol. The van der Waals surface area contributed by atoms with Gasteiger partial charge in [-0.2, -0.15) is 0 Å². The van der Waals surface area contributed by atoms with Gasteiger partial charge in [0.15, 0.2) is 0 Å². The highest BCUT2D eigenvalue weighted by Gasteiger charge is 2.12. The van der Waals surface area contributed by atoms with Crippen molar-refractivity contribution in [1.29, 1.82) is 0 Å². The first-order valence-electron chi connectivity index (χ1n) is 12.0. The molecule has 0 bridgehead atoms. The molecule has 0 aliphatic heterocycles. The van der Waals surface area contributed by atoms with E-state index >= 15 is 0 Å². The summed E-state index contributed by atoms with van der Waals surface area (Å²) in [6, 6.07) is 13.2. The number of hydrogen-bond donors (Lipinski definition) is 2. The van der Waals surface area contributed by atoms with Gasteiger partial charge in [-0.15, -0.1) is 0 Å². The number of hydrogen-bond acceptors (Lipinski definition) is 5. The number of imidazole rings is 1. The summed E-state index contributed by atoms with van der Waals surface area (Å²) in [7, 11) is 3.56. The van der Waals surface area contributed by atoms with Crippen LogP contribution in [-0.4, -0.2) is 49.1 Å². The van der Waals surface area contributed by atoms with Gasteiger partial charge in [-0.25, -0.2) is 4.98 Å². The molecule has 0 aliphatic carbocycles. The molecule has 34 heavy (non-hydrogen) atoms. The molecule has 0 aliphatic rings. The summed E-state index contributed by atoms with van der Waals surface area (Å²) in [5.74, 6) is 0.764. The number of nitrogens with zero attached hydrogens (tertiary/aromatic N) is 2. The topological polar surface area (TPSA) is 85.2 Å². The number of ether oxygens (including phenoxy) is 1. The van der Waals surface area contributed by atoms with Crippen LogP contribution in [0, 0.1) is 6.92 Å². The molecular weight excluding hydrogens is 428 g/mol. The molecule has 186 valence electrons. The molecular formula is C27H40N4O3. The Bertz CT molecular complexity index is 1010. The molecule has 0 fully saturated rings. The lowest BCUT2D eigenvalue weighted by Gasteiger charge is -2.08. The van der Waals surface area contributed by atoms with E-state index in [1.165, 1.54) is 0 Å². The van der Waals surface area contributed by atoms with Crippen LogP contribution < -0.4 is 10.6 Å². The molecule has 1 amide bonds. The largest absolute Gasteiger partial charge is 0.385 e. The molecule has 1 aromatic heterocycles. The summed E-state index contributed by atoms with van der Waals surface area (Å²) < 4.78 is 7.23. The van der Waals surface area contributed by atoms with Crippen LogP contribution in [0.2, 0.25) is 0 Å². The lowest BCUT2D eigenvalue weighted by atomic mass is 10.2. The van der Waals surface area contributed by atoms with Crippen molar-refractivity contribution < 1.29 is 14.3 Å². The minimum absolute atomic E-state index is 0.0414. The normalized spacial score (nSPS) is 9.94. The van der Waals surface area contributed by atoms with E-state index in [1.807, 2.05) is 64.2 Å². The summed E-state index contributed by atoms with van der Waals surface area (Å²) in [5, 5.41) is 6.05. The molecule has 1 heterocycles. The maximum Gasteiger partial charge on any atom is 0.251 e. The number of nitrogens with one attached hydrogen (secondary N) is 2. The van der Waals surface area contributed by atoms with Crippen molar-refractivity contribution in [3.8, 4) is 0 Å². The van der Waals surface area contributed by atoms with Crippen LogP contribution in [0.1, 0.15) is 66.3 Å². The van der Waals surface area contributed by atoms with Crippen LogP contribution >= 0.6 is 0 Å². The third kappa shape index (κ3) is 8.98. The highest BCUT2D eigenvalue weighted by atomic mass is 16.5. The molecule has 7 heteroatoms. The van der Waals surface area contributed by atoms with Gasteiger partial charge in [-0.3, -0.25) is 9.59 Å². The summed E-state index contributed by atoms with van der Waals surface area (Å²) in [6.45, 7) is 10.3. The van der Waals surface area contributed by atoms with Gasteiger partial charge in [0, 0.05) is 45.0 Å². The fourth-order valence-electron chi connectivity index (χ4n) is 3.28. The molecule has 0 saturated carbocycles. The zero-order valence-corrected chi connectivity index (χ0v) is 21.5. The van der Waals surface area contributed by atoms with Crippen molar-refractivity contribution in [3.63, 3.8) is 0 Å². The number of anilines is 1. The van der Waals surface area contributed by atoms with E-state index in [-0.39, 0.29) is 5.91 Å². The van der Waals surface area contributed by atoms with E-state index in [4.69, 9.17) is 4.74 Å². The number of aromatic nitrogens is 2. The predicted octanol–water partition coefficient (Wildman–Crippen LogP) is 5.48. The number of benzene rings is 2. The Morgan fingerprint density at radius 2 is 1.91 bits per heavy atom. The van der Waals surface area contributed by atoms with E-state index in [1.54, 1.807) is 13.2 Å². The second kappa shape index (κ2) is 16.4. The molecule has 7 nitrogen and oxygen atoms in total. The summed E-state index contributed by atoms with van der Waals surface area (Å²) in [5.41, 5.74) is 4.37. The third-order valence-corrected chi connectivity index (χ3v) is 4.96. The maximum absolute atomic E-state index is 12.2. The highest BCUT2D eigenvalue weighted by molar-refractivity contribution is 5.97. The van der Waals surface area contributed by atoms with Crippen molar-refractivity contribution in [2.75, 3.05) is 32.6 Å². The molecule has 2 N–H and O–H groups in total. The van der Waals surface area contributed by atoms with Gasteiger partial charge >= 0.3 is 0 Å². The number of methoxy groups -OCH3 is 1. The maximum atomic E-state index is 12.2. The average Bonchev–Trinajstić information content (AvgIpc) is 3.22. The van der Waals surface area contributed by atoms with E-state index in [0.29, 0.717) is 18.7 Å². The van der Waals surface area contributed by atoms with E-state index < -0.39 is 0 Å². The lowest BCUT2D eigenvalue weighted by Crippen LogP contribution is -2.24. The van der Waals surface area contributed by atoms with Crippen LogP contribution in [0.25, 0.3) is 11.0 Å². The average molecular weight is 469 g/mol. The van der Waals surface area contributed by atoms with Gasteiger partial charge in [-0.05, 0) is 44.0 Å². The Kier molecular flexibility index (Phi) is 13.9. The number of unbranched alkanes of at least 4 members (excludes halogenated alkanes) is 1. The Balaban J connectivity index is 0.000000437. The first-order chi connectivity index (χ1) is 16.5. The van der Waals surface area contributed by atoms with Gasteiger partial charge in [0.25, 0.3) is 5.91 Å². The molecule has 3 aromatic rings. The van der Waals surface area contributed by atoms with Crippen molar-refractivity contribution >= 4 is 29.2 Å². The van der Waals surface area contributed by atoms with Gasteiger partial charge in [-0.1, -0.05) is 51.0 Å². The first-order valence-corrected chi connectivity index (χ1v) is 12.0. The Labute approximate surface area is 203 Å². The Morgan fingerprint density at radius 1 is 1.15 bits per heavy atom. The van der Waals surface area contributed by atoms with E-state index in [2.05, 4.69) is 27.1 Å². The molecule has 3 rings (SSSR count). The molecule has 0 saturated heterocycles. The van der Waals surface area contributed by atoms with Crippen LogP contribution in [0.15, 0.2) is 42.5 Å². The van der Waals surface area contributed by atoms with Crippen molar-refractivity contribution in [1.82, 2.24) is 14.9 Å². The van der Waals surface area contributed by atoms with E-state index in [9.17, 15) is 9.59 Å². The second-order valence-electron chi connectivity index (χ2n) is 7.53. The summed E-state index contributed by atoms with van der Waals surface area (Å²) in [4.78, 5) is 26.9. The number of rotatable bonds is 10. The Morgan fingerprint density at radius 3 is 2.50 bits per heavy atom. The molecule has 0 atom stereocenters. The fourth-order valence-corrected chi connectivity index (χ4v) is 3.28. The molecule has 0 radical (unpaired) electrons. The number of carbonyl (C=O) groups is 2. The van der Waals surface area contributed by atoms with Crippen molar-refractivity contribution in [2.45, 2.75) is 53.5 Å². The molecule has 0 unspecified atom stereocenters. The fraction of sp³-hybridized carbons (Fsp3) is 0.444. The smallest absolute Gasteiger partial charge is 0.251 e. The Hall–Kier alpha value is -3.19. The van der Waals surface area contributed by atoms with Crippen LogP contribution in [0.3, 0.4) is 0 Å².